The summed E-state index contributed by atoms with van der Waals surface area (Å²) >= 11 is 0. The highest BCUT2D eigenvalue weighted by Crippen LogP contribution is 2.29. The minimum atomic E-state index is 0.681. The van der Waals surface area contributed by atoms with Crippen LogP contribution in [0.15, 0.2) is 53.7 Å². The summed E-state index contributed by atoms with van der Waals surface area (Å²) in [6.07, 6.45) is 9.40. The maximum absolute atomic E-state index is 4.45. The number of piperazine rings is 1. The van der Waals surface area contributed by atoms with Gasteiger partial charge >= 0.3 is 0 Å². The Morgan fingerprint density at radius 1 is 1.05 bits per heavy atom. The average Bonchev–Trinajstić information content (AvgIpc) is 3.45. The maximum Gasteiger partial charge on any atom is 0.153 e. The third-order valence-electron chi connectivity index (χ3n) is 5.75. The van der Waals surface area contributed by atoms with Crippen molar-refractivity contribution in [3.63, 3.8) is 0 Å². The van der Waals surface area contributed by atoms with Crippen molar-refractivity contribution < 1.29 is 0 Å². The van der Waals surface area contributed by atoms with Crippen molar-refractivity contribution in [2.24, 2.45) is 4.99 Å². The zero-order valence-corrected chi connectivity index (χ0v) is 25.9. The van der Waals surface area contributed by atoms with Crippen molar-refractivity contribution >= 4 is 17.3 Å². The van der Waals surface area contributed by atoms with Crippen LogP contribution in [0.2, 0.25) is 0 Å². The van der Waals surface area contributed by atoms with Crippen LogP contribution in [-0.2, 0) is 6.42 Å². The number of nitrogens with zero attached hydrogens (tertiary/aromatic N) is 3. The Morgan fingerprint density at radius 2 is 1.68 bits per heavy atom. The van der Waals surface area contributed by atoms with Crippen LogP contribution in [0.25, 0.3) is 11.3 Å². The Morgan fingerprint density at radius 3 is 2.21 bits per heavy atom. The van der Waals surface area contributed by atoms with Gasteiger partial charge in [-0.25, -0.2) is 4.99 Å². The number of allylic oxidation sites excluding steroid dienone is 1. The first-order valence-electron chi connectivity index (χ1n) is 14.7. The fourth-order valence-electron chi connectivity index (χ4n) is 3.32. The SMILES string of the molecule is C=CC(=N/C=C(\C)CC)Nc1cc(-c2ccc(N3CCNCC3)cc2CC)[nH]n1.CC.CCC.CCCC. The number of aromatic nitrogens is 2. The van der Waals surface area contributed by atoms with Crippen LogP contribution in [-0.4, -0.2) is 42.2 Å². The predicted molar refractivity (Wildman–Crippen MR) is 172 cm³/mol. The number of hydrogen-bond donors (Lipinski definition) is 3. The molecule has 0 radical (unpaired) electrons. The van der Waals surface area contributed by atoms with Gasteiger partial charge in [0.25, 0.3) is 0 Å². The maximum atomic E-state index is 4.45. The van der Waals surface area contributed by atoms with Gasteiger partial charge in [0.1, 0.15) is 5.84 Å². The molecular weight excluding hydrogens is 468 g/mol. The lowest BCUT2D eigenvalue weighted by Crippen LogP contribution is -2.43. The molecule has 6 heteroatoms. The van der Waals surface area contributed by atoms with Gasteiger partial charge in [0.05, 0.1) is 5.69 Å². The first kappa shape index (κ1) is 35.1. The van der Waals surface area contributed by atoms with E-state index in [-0.39, 0.29) is 0 Å². The lowest BCUT2D eigenvalue weighted by molar-refractivity contribution is 0.589. The molecule has 0 amide bonds. The Kier molecular flexibility index (Phi) is 20.5. The van der Waals surface area contributed by atoms with Gasteiger partial charge in [0.2, 0.25) is 0 Å². The van der Waals surface area contributed by atoms with E-state index in [1.807, 2.05) is 26.1 Å². The zero-order chi connectivity index (χ0) is 28.8. The molecule has 0 aliphatic carbocycles. The lowest BCUT2D eigenvalue weighted by atomic mass is 10.0. The minimum absolute atomic E-state index is 0.681. The highest BCUT2D eigenvalue weighted by molar-refractivity contribution is 6.03. The number of nitrogens with one attached hydrogen (secondary N) is 3. The summed E-state index contributed by atoms with van der Waals surface area (Å²) in [4.78, 5) is 6.89. The molecule has 0 bridgehead atoms. The van der Waals surface area contributed by atoms with Gasteiger partial charge in [-0.3, -0.25) is 5.10 Å². The summed E-state index contributed by atoms with van der Waals surface area (Å²) in [6.45, 7) is 27.0. The predicted octanol–water partition coefficient (Wildman–Crippen LogP) is 8.61. The quantitative estimate of drug-likeness (QED) is 0.239. The Labute approximate surface area is 234 Å². The molecule has 1 aliphatic heterocycles. The number of rotatable bonds is 8. The van der Waals surface area contributed by atoms with E-state index in [9.17, 15) is 0 Å². The molecule has 2 aromatic rings. The number of amidine groups is 1. The number of anilines is 2. The van der Waals surface area contributed by atoms with Crippen LogP contribution >= 0.6 is 0 Å². The molecule has 0 saturated carbocycles. The molecule has 3 N–H and O–H groups in total. The molecule has 1 fully saturated rings. The van der Waals surface area contributed by atoms with E-state index in [0.29, 0.717) is 5.84 Å². The largest absolute Gasteiger partial charge is 0.369 e. The van der Waals surface area contributed by atoms with E-state index in [1.165, 1.54) is 41.6 Å². The van der Waals surface area contributed by atoms with Crippen LogP contribution < -0.4 is 15.5 Å². The molecule has 214 valence electrons. The third-order valence-corrected chi connectivity index (χ3v) is 5.75. The summed E-state index contributed by atoms with van der Waals surface area (Å²) in [6, 6.07) is 8.74. The van der Waals surface area contributed by atoms with Crippen molar-refractivity contribution in [1.82, 2.24) is 15.5 Å². The second kappa shape index (κ2) is 22.2. The molecule has 0 spiro atoms. The second-order valence-corrected chi connectivity index (χ2v) is 8.98. The van der Waals surface area contributed by atoms with Crippen LogP contribution in [0.4, 0.5) is 11.5 Å². The first-order chi connectivity index (χ1) is 18.5. The second-order valence-electron chi connectivity index (χ2n) is 8.98. The van der Waals surface area contributed by atoms with Gasteiger partial charge in [-0.15, -0.1) is 0 Å². The molecule has 0 unspecified atom stereocenters. The van der Waals surface area contributed by atoms with E-state index in [2.05, 4.69) is 104 Å². The van der Waals surface area contributed by atoms with Gasteiger partial charge in [-0.1, -0.05) is 92.9 Å². The van der Waals surface area contributed by atoms with Crippen molar-refractivity contribution in [2.75, 3.05) is 36.4 Å². The summed E-state index contributed by atoms with van der Waals surface area (Å²) in [7, 11) is 0. The molecule has 38 heavy (non-hydrogen) atoms. The third kappa shape index (κ3) is 13.1. The Bertz CT molecular complexity index is 933. The van der Waals surface area contributed by atoms with Crippen LogP contribution in [0.3, 0.4) is 0 Å². The number of hydrogen-bond acceptors (Lipinski definition) is 4. The lowest BCUT2D eigenvalue weighted by Gasteiger charge is -2.30. The fraction of sp³-hybridized carbons (Fsp3) is 0.562. The van der Waals surface area contributed by atoms with Crippen molar-refractivity contribution in [2.45, 2.75) is 94.4 Å². The number of unbranched alkanes of at least 4 members (excludes halogenated alkanes) is 1. The molecule has 1 aromatic carbocycles. The molecule has 2 heterocycles. The summed E-state index contributed by atoms with van der Waals surface area (Å²) in [5.74, 6) is 1.41. The topological polar surface area (TPSA) is 68.3 Å². The van der Waals surface area contributed by atoms with Crippen LogP contribution in [0.1, 0.15) is 93.6 Å². The van der Waals surface area contributed by atoms with E-state index < -0.39 is 0 Å². The van der Waals surface area contributed by atoms with Crippen molar-refractivity contribution in [3.8, 4) is 11.3 Å². The van der Waals surface area contributed by atoms with Crippen LogP contribution in [0, 0.1) is 0 Å². The zero-order valence-electron chi connectivity index (χ0n) is 25.9. The molecule has 1 saturated heterocycles. The smallest absolute Gasteiger partial charge is 0.153 e. The van der Waals surface area contributed by atoms with Gasteiger partial charge in [0.15, 0.2) is 5.82 Å². The van der Waals surface area contributed by atoms with E-state index in [0.717, 1.165) is 50.5 Å². The Balaban J connectivity index is 0.00000134. The minimum Gasteiger partial charge on any atom is -0.369 e. The number of benzene rings is 1. The highest BCUT2D eigenvalue weighted by Gasteiger charge is 2.14. The van der Waals surface area contributed by atoms with Gasteiger partial charge in [0, 0.05) is 49.7 Å². The molecular formula is C32H56N6. The fourth-order valence-corrected chi connectivity index (χ4v) is 3.32. The molecule has 1 aliphatic rings. The van der Waals surface area contributed by atoms with Crippen molar-refractivity contribution in [1.29, 1.82) is 0 Å². The standard InChI is InChI=1S/C23H32N6.C4H10.C3H8.C2H6/c1-5-17(4)16-25-22(7-3)26-23-15-21(27-28-23)20-9-8-19(14-18(20)6-2)29-12-10-24-11-13-29;1-3-4-2;1-3-2;1-2/h7-9,14-16,24H,3,5-6,10-13H2,1-2,4H3,(H2,25,26,27,28);3-4H2,1-2H3;3H2,1-2H3;1-2H3/b17-16+;;;. The molecule has 3 rings (SSSR count). The van der Waals surface area contributed by atoms with E-state index in [1.54, 1.807) is 6.08 Å². The number of aryl methyl sites for hydroxylation is 1. The van der Waals surface area contributed by atoms with E-state index in [4.69, 9.17) is 0 Å². The monoisotopic (exact) mass is 524 g/mol. The first-order valence-corrected chi connectivity index (χ1v) is 14.7. The number of aromatic amines is 1. The number of aliphatic imine (C=N–C) groups is 1. The average molecular weight is 525 g/mol. The normalized spacial score (nSPS) is 13.2. The molecule has 6 nitrogen and oxygen atoms in total. The molecule has 0 atom stereocenters. The summed E-state index contributed by atoms with van der Waals surface area (Å²) < 4.78 is 0. The van der Waals surface area contributed by atoms with Gasteiger partial charge in [-0.05, 0) is 43.5 Å². The van der Waals surface area contributed by atoms with E-state index >= 15 is 0 Å². The van der Waals surface area contributed by atoms with Crippen molar-refractivity contribution in [3.05, 3.63) is 54.3 Å². The van der Waals surface area contributed by atoms with Crippen LogP contribution in [0.5, 0.6) is 0 Å². The van der Waals surface area contributed by atoms with Gasteiger partial charge in [-0.2, -0.15) is 5.10 Å². The summed E-state index contributed by atoms with van der Waals surface area (Å²) in [5.41, 5.74) is 6.01. The summed E-state index contributed by atoms with van der Waals surface area (Å²) in [5, 5.41) is 14.2. The highest BCUT2D eigenvalue weighted by atomic mass is 15.2. The Hall–Kier alpha value is -2.86. The number of H-pyrrole nitrogens is 1. The molecule has 1 aromatic heterocycles. The van der Waals surface area contributed by atoms with Gasteiger partial charge < -0.3 is 15.5 Å².